The molecule has 0 saturated carbocycles. The van der Waals surface area contributed by atoms with Gasteiger partial charge in [-0.1, -0.05) is 0 Å². The molecule has 0 radical (unpaired) electrons. The molecule has 0 spiro atoms. The first-order chi connectivity index (χ1) is 0. The van der Waals surface area contributed by atoms with Gasteiger partial charge >= 0.3 is 59.1 Å². The summed E-state index contributed by atoms with van der Waals surface area (Å²) in [7, 11) is 0. The van der Waals surface area contributed by atoms with Gasteiger partial charge in [-0.3, -0.25) is 0 Å². The van der Waals surface area contributed by atoms with E-state index in [9.17, 15) is 0 Å². The van der Waals surface area contributed by atoms with E-state index in [1.807, 2.05) is 0 Å². The summed E-state index contributed by atoms with van der Waals surface area (Å²) < 4.78 is 0. The molecule has 0 bridgehead atoms. The van der Waals surface area contributed by atoms with Crippen molar-refractivity contribution in [1.82, 2.24) is 0 Å². The van der Waals surface area contributed by atoms with Crippen LogP contribution in [0.5, 0.6) is 0 Å². The molecule has 0 heterocycles. The summed E-state index contributed by atoms with van der Waals surface area (Å²) in [4.78, 5) is 0. The van der Waals surface area contributed by atoms with Gasteiger partial charge in [0.2, 0.25) is 0 Å². The van der Waals surface area contributed by atoms with Crippen LogP contribution in [-0.2, 0) is 0 Å². The van der Waals surface area contributed by atoms with E-state index in [-0.39, 0.29) is 116 Å². The first kappa shape index (κ1) is 203. The topological polar surface area (TPSA) is 158 Å². The van der Waals surface area contributed by atoms with Crippen molar-refractivity contribution in [3.05, 3.63) is 0 Å². The molecule has 0 aliphatic carbocycles. The molecule has 0 aromatic heterocycles. The SMILES string of the molecule is O.O.O.O.O.S.S.[H-].[H-].[Na+].[Na+]. The second kappa shape index (κ2) is 152. The van der Waals surface area contributed by atoms with E-state index in [0.29, 0.717) is 0 Å². The van der Waals surface area contributed by atoms with E-state index < -0.39 is 0 Å². The minimum atomic E-state index is 0. The van der Waals surface area contributed by atoms with Crippen LogP contribution in [0.15, 0.2) is 0 Å². The molecule has 0 rings (SSSR count). The van der Waals surface area contributed by atoms with Crippen molar-refractivity contribution < 1.29 is 89.3 Å². The molecular formula is H16Na2O5S2. The molecule has 10 N–H and O–H groups in total. The van der Waals surface area contributed by atoms with Crippen molar-refractivity contribution in [2.24, 2.45) is 0 Å². The summed E-state index contributed by atoms with van der Waals surface area (Å²) in [5.74, 6) is 0. The van der Waals surface area contributed by atoms with Crippen molar-refractivity contribution in [3.8, 4) is 0 Å². The smallest absolute Gasteiger partial charge is 1.00 e. The van der Waals surface area contributed by atoms with Crippen molar-refractivity contribution in [2.45, 2.75) is 0 Å². The molecule has 0 atom stereocenters. The Kier molecular flexibility index (Phi) is 3420. The van der Waals surface area contributed by atoms with E-state index >= 15 is 0 Å². The maximum absolute atomic E-state index is 0. The van der Waals surface area contributed by atoms with Gasteiger partial charge in [0.25, 0.3) is 0 Å². The van der Waals surface area contributed by atoms with Crippen molar-refractivity contribution in [3.63, 3.8) is 0 Å². The van der Waals surface area contributed by atoms with Crippen LogP contribution in [0.4, 0.5) is 0 Å². The fraction of sp³-hybridized carbons (Fsp3) is 0. The van der Waals surface area contributed by atoms with Crippen LogP contribution in [-0.4, -0.2) is 27.4 Å². The van der Waals surface area contributed by atoms with Gasteiger partial charge in [-0.2, -0.15) is 27.0 Å². The zero-order valence-corrected chi connectivity index (χ0v) is 11.5. The van der Waals surface area contributed by atoms with Gasteiger partial charge < -0.3 is 30.2 Å². The van der Waals surface area contributed by atoms with E-state index in [1.165, 1.54) is 0 Å². The van der Waals surface area contributed by atoms with Crippen LogP contribution in [0.25, 0.3) is 0 Å². The van der Waals surface area contributed by atoms with Crippen molar-refractivity contribution in [2.75, 3.05) is 0 Å². The summed E-state index contributed by atoms with van der Waals surface area (Å²) >= 11 is 0. The predicted octanol–water partition coefficient (Wildman–Crippen LogP) is -9.66. The van der Waals surface area contributed by atoms with Gasteiger partial charge in [0, 0.05) is 0 Å². The molecule has 9 heteroatoms. The Hall–Kier alpha value is 2.50. The zero-order chi connectivity index (χ0) is 0. The van der Waals surface area contributed by atoms with Crippen LogP contribution in [0.3, 0.4) is 0 Å². The molecule has 0 aromatic carbocycles. The van der Waals surface area contributed by atoms with Gasteiger partial charge in [0.1, 0.15) is 0 Å². The van der Waals surface area contributed by atoms with E-state index in [1.54, 1.807) is 0 Å². The fourth-order valence-electron chi connectivity index (χ4n) is 0. The number of rotatable bonds is 0. The molecule has 60 valence electrons. The maximum Gasteiger partial charge on any atom is 1.00 e. The fourth-order valence-corrected chi connectivity index (χ4v) is 0. The Morgan fingerprint density at radius 2 is 0.444 bits per heavy atom. The average Bonchev–Trinajstić information content (AvgIpc) is 0. The molecular weight excluding hydrogens is 190 g/mol. The summed E-state index contributed by atoms with van der Waals surface area (Å²) in [6, 6.07) is 0. The summed E-state index contributed by atoms with van der Waals surface area (Å²) in [5.41, 5.74) is 0. The molecule has 0 aliphatic rings. The largest absolute Gasteiger partial charge is 1.00 e. The van der Waals surface area contributed by atoms with Crippen LogP contribution in [0.1, 0.15) is 2.85 Å². The Labute approximate surface area is 115 Å². The molecule has 9 heavy (non-hydrogen) atoms. The van der Waals surface area contributed by atoms with E-state index in [2.05, 4.69) is 0 Å². The molecule has 0 aromatic rings. The van der Waals surface area contributed by atoms with Crippen molar-refractivity contribution in [1.29, 1.82) is 0 Å². The molecule has 0 fully saturated rings. The van der Waals surface area contributed by atoms with Gasteiger partial charge in [0.05, 0.1) is 0 Å². The van der Waals surface area contributed by atoms with Crippen LogP contribution in [0.2, 0.25) is 0 Å². The molecule has 0 aliphatic heterocycles. The first-order valence-corrected chi connectivity index (χ1v) is 0. The quantitative estimate of drug-likeness (QED) is 0.345. The Bertz CT molecular complexity index is 20.4. The van der Waals surface area contributed by atoms with E-state index in [0.717, 1.165) is 0 Å². The second-order valence-electron chi connectivity index (χ2n) is 0. The van der Waals surface area contributed by atoms with Gasteiger partial charge in [-0.05, 0) is 0 Å². The average molecular weight is 206 g/mol. The predicted molar refractivity (Wildman–Crippen MR) is 41.1 cm³/mol. The third kappa shape index (κ3) is 121. The Morgan fingerprint density at radius 3 is 0.444 bits per heavy atom. The minimum Gasteiger partial charge on any atom is -1.00 e. The minimum absolute atomic E-state index is 0. The standard InChI is InChI=1S/2Na.5H2O.2H2S.2H/h;;7*1H2;;/q2*+1;;;;;;;;2*-1. The number of hydrogen-bond donors (Lipinski definition) is 0. The van der Waals surface area contributed by atoms with Crippen molar-refractivity contribution >= 4 is 27.0 Å². The second-order valence-corrected chi connectivity index (χ2v) is 0. The van der Waals surface area contributed by atoms with Crippen LogP contribution >= 0.6 is 27.0 Å². The first-order valence-electron chi connectivity index (χ1n) is 0. The monoisotopic (exact) mass is 206 g/mol. The maximum atomic E-state index is 0. The number of hydrogen-bond acceptors (Lipinski definition) is 0. The van der Waals surface area contributed by atoms with Crippen LogP contribution < -0.4 is 59.1 Å². The molecule has 0 unspecified atom stereocenters. The third-order valence-corrected chi connectivity index (χ3v) is 0. The van der Waals surface area contributed by atoms with Gasteiger partial charge in [0.15, 0.2) is 0 Å². The third-order valence-electron chi connectivity index (χ3n) is 0. The zero-order valence-electron chi connectivity index (χ0n) is 7.50. The Balaban J connectivity index is 0. The van der Waals surface area contributed by atoms with Crippen LogP contribution in [0, 0.1) is 0 Å². The molecule has 5 nitrogen and oxygen atoms in total. The molecule has 0 amide bonds. The summed E-state index contributed by atoms with van der Waals surface area (Å²) in [6.07, 6.45) is 0. The Morgan fingerprint density at radius 1 is 0.444 bits per heavy atom. The molecule has 0 saturated heterocycles. The van der Waals surface area contributed by atoms with E-state index in [4.69, 9.17) is 0 Å². The summed E-state index contributed by atoms with van der Waals surface area (Å²) in [5, 5.41) is 0. The van der Waals surface area contributed by atoms with Gasteiger partial charge in [-0.15, -0.1) is 0 Å². The van der Waals surface area contributed by atoms with Gasteiger partial charge in [-0.25, -0.2) is 0 Å². The normalized spacial score (nSPS) is 0. The summed E-state index contributed by atoms with van der Waals surface area (Å²) in [6.45, 7) is 0.